The maximum Gasteiger partial charge on any atom is 0.338 e. The molecule has 0 saturated heterocycles. The van der Waals surface area contributed by atoms with Crippen LogP contribution in [0, 0.1) is 20.8 Å². The predicted molar refractivity (Wildman–Crippen MR) is 86.5 cm³/mol. The summed E-state index contributed by atoms with van der Waals surface area (Å²) in [7, 11) is 0. The highest BCUT2D eigenvalue weighted by Gasteiger charge is 2.22. The second-order valence-corrected chi connectivity index (χ2v) is 5.37. The molecule has 0 aliphatic carbocycles. The molecule has 2 aromatic rings. The standard InChI is InChI=1S/C19H20O3/c1-5-22-19(21)16-8-6-7-13(3)17(16)18(20)15-10-9-12(2)11-14(15)4/h6-11H,5H2,1-4H3. The van der Waals surface area contributed by atoms with Crippen LogP contribution in [0.15, 0.2) is 36.4 Å². The topological polar surface area (TPSA) is 43.4 Å². The minimum atomic E-state index is -0.459. The van der Waals surface area contributed by atoms with Crippen LogP contribution < -0.4 is 0 Å². The normalized spacial score (nSPS) is 10.4. The van der Waals surface area contributed by atoms with Crippen LogP contribution in [-0.4, -0.2) is 18.4 Å². The molecule has 0 bridgehead atoms. The van der Waals surface area contributed by atoms with Crippen LogP contribution in [0.1, 0.15) is 49.9 Å². The van der Waals surface area contributed by atoms with E-state index in [-0.39, 0.29) is 12.4 Å². The molecule has 2 aromatic carbocycles. The van der Waals surface area contributed by atoms with Crippen molar-refractivity contribution < 1.29 is 14.3 Å². The molecule has 0 N–H and O–H groups in total. The lowest BCUT2D eigenvalue weighted by molar-refractivity contribution is 0.0523. The van der Waals surface area contributed by atoms with E-state index >= 15 is 0 Å². The number of esters is 1. The molecule has 114 valence electrons. The zero-order chi connectivity index (χ0) is 16.3. The first-order chi connectivity index (χ1) is 10.5. The molecular formula is C19H20O3. The number of ketones is 1. The van der Waals surface area contributed by atoms with Gasteiger partial charge in [0, 0.05) is 11.1 Å². The second-order valence-electron chi connectivity index (χ2n) is 5.37. The fraction of sp³-hybridized carbons (Fsp3) is 0.263. The number of carbonyl (C=O) groups is 2. The molecule has 3 nitrogen and oxygen atoms in total. The summed E-state index contributed by atoms with van der Waals surface area (Å²) >= 11 is 0. The van der Waals surface area contributed by atoms with E-state index in [1.807, 2.05) is 45.0 Å². The monoisotopic (exact) mass is 296 g/mol. The van der Waals surface area contributed by atoms with Gasteiger partial charge in [-0.1, -0.05) is 35.9 Å². The number of aryl methyl sites for hydroxylation is 3. The van der Waals surface area contributed by atoms with Crippen molar-refractivity contribution in [2.45, 2.75) is 27.7 Å². The van der Waals surface area contributed by atoms with Gasteiger partial charge in [-0.15, -0.1) is 0 Å². The van der Waals surface area contributed by atoms with Gasteiger partial charge in [0.2, 0.25) is 0 Å². The SMILES string of the molecule is CCOC(=O)c1cccc(C)c1C(=O)c1ccc(C)cc1C. The van der Waals surface area contributed by atoms with Gasteiger partial charge in [0.25, 0.3) is 0 Å². The molecule has 2 rings (SSSR count). The molecule has 0 aliphatic heterocycles. The summed E-state index contributed by atoms with van der Waals surface area (Å²) in [5, 5.41) is 0. The van der Waals surface area contributed by atoms with Crippen molar-refractivity contribution in [3.05, 3.63) is 69.8 Å². The van der Waals surface area contributed by atoms with Gasteiger partial charge >= 0.3 is 5.97 Å². The van der Waals surface area contributed by atoms with Crippen molar-refractivity contribution in [1.82, 2.24) is 0 Å². The van der Waals surface area contributed by atoms with Gasteiger partial charge in [0.15, 0.2) is 5.78 Å². The van der Waals surface area contributed by atoms with Gasteiger partial charge in [0.1, 0.15) is 0 Å². The quantitative estimate of drug-likeness (QED) is 0.632. The maximum absolute atomic E-state index is 12.9. The summed E-state index contributed by atoms with van der Waals surface area (Å²) in [4.78, 5) is 25.0. The highest BCUT2D eigenvalue weighted by atomic mass is 16.5. The maximum atomic E-state index is 12.9. The number of hydrogen-bond donors (Lipinski definition) is 0. The van der Waals surface area contributed by atoms with E-state index in [9.17, 15) is 9.59 Å². The van der Waals surface area contributed by atoms with Crippen LogP contribution in [0.3, 0.4) is 0 Å². The number of rotatable bonds is 4. The summed E-state index contributed by atoms with van der Waals surface area (Å²) in [5.74, 6) is -0.599. The minimum absolute atomic E-state index is 0.140. The second kappa shape index (κ2) is 6.56. The molecule has 0 atom stereocenters. The Morgan fingerprint density at radius 1 is 0.955 bits per heavy atom. The molecule has 22 heavy (non-hydrogen) atoms. The van der Waals surface area contributed by atoms with Crippen LogP contribution in [0.25, 0.3) is 0 Å². The lowest BCUT2D eigenvalue weighted by atomic mass is 9.91. The zero-order valence-corrected chi connectivity index (χ0v) is 13.4. The first-order valence-corrected chi connectivity index (χ1v) is 7.34. The summed E-state index contributed by atoms with van der Waals surface area (Å²) < 4.78 is 5.07. The van der Waals surface area contributed by atoms with Crippen molar-refractivity contribution in [3.63, 3.8) is 0 Å². The van der Waals surface area contributed by atoms with Crippen LogP contribution in [0.4, 0.5) is 0 Å². The largest absolute Gasteiger partial charge is 0.462 e. The molecule has 0 heterocycles. The van der Waals surface area contributed by atoms with Crippen LogP contribution >= 0.6 is 0 Å². The van der Waals surface area contributed by atoms with Crippen LogP contribution in [-0.2, 0) is 4.74 Å². The van der Waals surface area contributed by atoms with Crippen LogP contribution in [0.2, 0.25) is 0 Å². The average molecular weight is 296 g/mol. The summed E-state index contributed by atoms with van der Waals surface area (Å²) in [5.41, 5.74) is 4.15. The third-order valence-corrected chi connectivity index (χ3v) is 3.62. The Balaban J connectivity index is 2.56. The van der Waals surface area contributed by atoms with E-state index in [4.69, 9.17) is 4.74 Å². The fourth-order valence-electron chi connectivity index (χ4n) is 2.55. The summed E-state index contributed by atoms with van der Waals surface area (Å²) in [6, 6.07) is 10.9. The molecule has 0 amide bonds. The van der Waals surface area contributed by atoms with E-state index in [2.05, 4.69) is 0 Å². The van der Waals surface area contributed by atoms with Crippen molar-refractivity contribution in [1.29, 1.82) is 0 Å². The van der Waals surface area contributed by atoms with E-state index < -0.39 is 5.97 Å². The highest BCUT2D eigenvalue weighted by Crippen LogP contribution is 2.22. The van der Waals surface area contributed by atoms with Gasteiger partial charge in [-0.2, -0.15) is 0 Å². The Labute approximate surface area is 130 Å². The van der Waals surface area contributed by atoms with Crippen LogP contribution in [0.5, 0.6) is 0 Å². The molecule has 0 fully saturated rings. The zero-order valence-electron chi connectivity index (χ0n) is 13.4. The van der Waals surface area contributed by atoms with E-state index in [0.717, 1.165) is 16.7 Å². The molecule has 0 unspecified atom stereocenters. The molecule has 0 spiro atoms. The lowest BCUT2D eigenvalue weighted by Crippen LogP contribution is -2.15. The Morgan fingerprint density at radius 2 is 1.68 bits per heavy atom. The van der Waals surface area contributed by atoms with Gasteiger partial charge < -0.3 is 4.74 Å². The van der Waals surface area contributed by atoms with Gasteiger partial charge in [-0.3, -0.25) is 4.79 Å². The van der Waals surface area contributed by atoms with E-state index in [0.29, 0.717) is 16.7 Å². The average Bonchev–Trinajstić information content (AvgIpc) is 2.46. The molecular weight excluding hydrogens is 276 g/mol. The first-order valence-electron chi connectivity index (χ1n) is 7.34. The Morgan fingerprint density at radius 3 is 2.32 bits per heavy atom. The third-order valence-electron chi connectivity index (χ3n) is 3.62. The van der Waals surface area contributed by atoms with E-state index in [1.54, 1.807) is 19.1 Å². The molecule has 0 aromatic heterocycles. The number of ether oxygens (including phenoxy) is 1. The smallest absolute Gasteiger partial charge is 0.338 e. The number of hydrogen-bond acceptors (Lipinski definition) is 3. The third kappa shape index (κ3) is 3.08. The predicted octanol–water partition coefficient (Wildman–Crippen LogP) is 4.02. The molecule has 3 heteroatoms. The molecule has 0 radical (unpaired) electrons. The fourth-order valence-corrected chi connectivity index (χ4v) is 2.55. The minimum Gasteiger partial charge on any atom is -0.462 e. The Hall–Kier alpha value is -2.42. The van der Waals surface area contributed by atoms with Crippen molar-refractivity contribution in [2.24, 2.45) is 0 Å². The lowest BCUT2D eigenvalue weighted by Gasteiger charge is -2.12. The summed E-state index contributed by atoms with van der Waals surface area (Å²) in [6.07, 6.45) is 0. The molecule has 0 aliphatic rings. The van der Waals surface area contributed by atoms with E-state index in [1.165, 1.54) is 0 Å². The molecule has 0 saturated carbocycles. The Kier molecular flexibility index (Phi) is 4.76. The Bertz CT molecular complexity index is 729. The number of carbonyl (C=O) groups excluding carboxylic acids is 2. The van der Waals surface area contributed by atoms with Gasteiger partial charge in [-0.25, -0.2) is 4.79 Å². The number of benzene rings is 2. The first kappa shape index (κ1) is 16.0. The van der Waals surface area contributed by atoms with Crippen molar-refractivity contribution in [3.8, 4) is 0 Å². The summed E-state index contributed by atoms with van der Waals surface area (Å²) in [6.45, 7) is 7.75. The highest BCUT2D eigenvalue weighted by molar-refractivity contribution is 6.16. The van der Waals surface area contributed by atoms with Crippen molar-refractivity contribution >= 4 is 11.8 Å². The van der Waals surface area contributed by atoms with Crippen molar-refractivity contribution in [2.75, 3.05) is 6.61 Å². The van der Waals surface area contributed by atoms with Gasteiger partial charge in [-0.05, 0) is 44.9 Å². The van der Waals surface area contributed by atoms with Gasteiger partial charge in [0.05, 0.1) is 12.2 Å².